The van der Waals surface area contributed by atoms with Gasteiger partial charge >= 0.3 is 0 Å². The lowest BCUT2D eigenvalue weighted by Crippen LogP contribution is -2.16. The molecule has 0 radical (unpaired) electrons. The Morgan fingerprint density at radius 2 is 2.15 bits per heavy atom. The molecule has 1 rings (SSSR count). The number of rotatable bonds is 8. The average Bonchev–Trinajstić information content (AvgIpc) is 2.40. The molecule has 0 fully saturated rings. The van der Waals surface area contributed by atoms with Crippen molar-refractivity contribution in [3.05, 3.63) is 18.2 Å². The number of ether oxygens (including phenoxy) is 1. The smallest absolute Gasteiger partial charge is 0.225 e. The number of hydrogen-bond donors (Lipinski definition) is 2. The molecule has 0 bridgehead atoms. The number of methoxy groups -OCH3 is 1. The van der Waals surface area contributed by atoms with Gasteiger partial charge in [0.2, 0.25) is 5.91 Å². The van der Waals surface area contributed by atoms with Crippen molar-refractivity contribution >= 4 is 29.0 Å². The molecule has 0 aliphatic rings. The summed E-state index contributed by atoms with van der Waals surface area (Å²) in [7, 11) is 5.64. The van der Waals surface area contributed by atoms with Crippen LogP contribution in [0.2, 0.25) is 0 Å². The van der Waals surface area contributed by atoms with Gasteiger partial charge in [-0.25, -0.2) is 0 Å². The lowest BCUT2D eigenvalue weighted by atomic mass is 10.2. The topological polar surface area (TPSA) is 67.6 Å². The van der Waals surface area contributed by atoms with Crippen LogP contribution in [0.1, 0.15) is 6.42 Å². The molecule has 0 aliphatic carbocycles. The summed E-state index contributed by atoms with van der Waals surface area (Å²) in [6.45, 7) is 1.03. The molecule has 0 heterocycles. The third-order valence-corrected chi connectivity index (χ3v) is 3.62. The SMILES string of the molecule is COc1cc(N)ccc1NC(=O)CCSCCN(C)C. The van der Waals surface area contributed by atoms with Crippen LogP contribution in [0, 0.1) is 0 Å². The number of nitrogens with zero attached hydrogens (tertiary/aromatic N) is 1. The van der Waals surface area contributed by atoms with E-state index in [2.05, 4.69) is 10.2 Å². The molecule has 0 saturated carbocycles. The van der Waals surface area contributed by atoms with Crippen molar-refractivity contribution in [2.75, 3.05) is 50.3 Å². The molecule has 1 aromatic carbocycles. The van der Waals surface area contributed by atoms with Crippen LogP contribution in [0.5, 0.6) is 5.75 Å². The van der Waals surface area contributed by atoms with Gasteiger partial charge in [-0.1, -0.05) is 0 Å². The zero-order chi connectivity index (χ0) is 15.0. The molecule has 20 heavy (non-hydrogen) atoms. The molecule has 0 atom stereocenters. The first-order valence-corrected chi connectivity index (χ1v) is 7.64. The first-order valence-electron chi connectivity index (χ1n) is 6.48. The molecular formula is C14H23N3O2S. The maximum atomic E-state index is 11.8. The molecule has 1 aromatic rings. The zero-order valence-electron chi connectivity index (χ0n) is 12.3. The molecule has 6 heteroatoms. The highest BCUT2D eigenvalue weighted by atomic mass is 32.2. The van der Waals surface area contributed by atoms with Crippen molar-refractivity contribution in [1.82, 2.24) is 4.90 Å². The third-order valence-electron chi connectivity index (χ3n) is 2.66. The van der Waals surface area contributed by atoms with Gasteiger partial charge in [-0.05, 0) is 26.2 Å². The van der Waals surface area contributed by atoms with Crippen molar-refractivity contribution in [1.29, 1.82) is 0 Å². The Hall–Kier alpha value is -1.40. The van der Waals surface area contributed by atoms with E-state index in [-0.39, 0.29) is 5.91 Å². The van der Waals surface area contributed by atoms with E-state index in [1.165, 1.54) is 0 Å². The number of benzene rings is 1. The predicted octanol–water partition coefficient (Wildman–Crippen LogP) is 1.90. The summed E-state index contributed by atoms with van der Waals surface area (Å²) in [5, 5.41) is 2.85. The molecule has 0 aromatic heterocycles. The van der Waals surface area contributed by atoms with E-state index in [9.17, 15) is 4.79 Å². The number of carbonyl (C=O) groups excluding carboxylic acids is 1. The summed E-state index contributed by atoms with van der Waals surface area (Å²) in [4.78, 5) is 14.0. The normalized spacial score (nSPS) is 10.6. The van der Waals surface area contributed by atoms with Crippen LogP contribution in [-0.4, -0.2) is 50.1 Å². The van der Waals surface area contributed by atoms with Crippen molar-refractivity contribution in [2.24, 2.45) is 0 Å². The Kier molecular flexibility index (Phi) is 7.25. The summed E-state index contributed by atoms with van der Waals surface area (Å²) < 4.78 is 5.19. The van der Waals surface area contributed by atoms with Gasteiger partial charge < -0.3 is 20.7 Å². The van der Waals surface area contributed by atoms with E-state index in [1.54, 1.807) is 37.1 Å². The van der Waals surface area contributed by atoms with Crippen LogP contribution < -0.4 is 15.8 Å². The number of anilines is 2. The molecule has 0 saturated heterocycles. The number of nitrogens with one attached hydrogen (secondary N) is 1. The van der Waals surface area contributed by atoms with Gasteiger partial charge in [-0.3, -0.25) is 4.79 Å². The Morgan fingerprint density at radius 1 is 1.40 bits per heavy atom. The van der Waals surface area contributed by atoms with E-state index in [1.807, 2.05) is 14.1 Å². The van der Waals surface area contributed by atoms with E-state index < -0.39 is 0 Å². The van der Waals surface area contributed by atoms with Crippen molar-refractivity contribution in [3.63, 3.8) is 0 Å². The summed E-state index contributed by atoms with van der Waals surface area (Å²) in [5.41, 5.74) is 6.94. The fourth-order valence-electron chi connectivity index (χ4n) is 1.54. The maximum Gasteiger partial charge on any atom is 0.225 e. The number of nitrogens with two attached hydrogens (primary N) is 1. The highest BCUT2D eigenvalue weighted by molar-refractivity contribution is 7.99. The number of thioether (sulfide) groups is 1. The summed E-state index contributed by atoms with van der Waals surface area (Å²) in [5.74, 6) is 2.42. The van der Waals surface area contributed by atoms with E-state index >= 15 is 0 Å². The minimum absolute atomic E-state index is 0.00887. The quantitative estimate of drug-likeness (QED) is 0.566. The molecule has 0 unspecified atom stereocenters. The second-order valence-electron chi connectivity index (χ2n) is 4.67. The second-order valence-corrected chi connectivity index (χ2v) is 5.90. The second kappa shape index (κ2) is 8.71. The van der Waals surface area contributed by atoms with Crippen molar-refractivity contribution < 1.29 is 9.53 Å². The van der Waals surface area contributed by atoms with Gasteiger partial charge in [0.05, 0.1) is 12.8 Å². The summed E-state index contributed by atoms with van der Waals surface area (Å²) in [6, 6.07) is 5.19. The van der Waals surface area contributed by atoms with Gasteiger partial charge in [-0.15, -0.1) is 0 Å². The molecule has 3 N–H and O–H groups in total. The van der Waals surface area contributed by atoms with Gasteiger partial charge in [0, 0.05) is 36.2 Å². The average molecular weight is 297 g/mol. The van der Waals surface area contributed by atoms with Gasteiger partial charge in [0.1, 0.15) is 5.75 Å². The zero-order valence-corrected chi connectivity index (χ0v) is 13.1. The predicted molar refractivity (Wildman–Crippen MR) is 86.5 cm³/mol. The van der Waals surface area contributed by atoms with Crippen LogP contribution in [0.4, 0.5) is 11.4 Å². The standard InChI is InChI=1S/C14H23N3O2S/c1-17(2)7-9-20-8-6-14(18)16-12-5-4-11(15)10-13(12)19-3/h4-5,10H,6-9,15H2,1-3H3,(H,16,18). The number of hydrogen-bond acceptors (Lipinski definition) is 5. The third kappa shape index (κ3) is 6.16. The van der Waals surface area contributed by atoms with E-state index in [0.717, 1.165) is 18.1 Å². The van der Waals surface area contributed by atoms with Crippen molar-refractivity contribution in [2.45, 2.75) is 6.42 Å². The Balaban J connectivity index is 2.35. The first kappa shape index (κ1) is 16.7. The fraction of sp³-hybridized carbons (Fsp3) is 0.500. The molecule has 0 aliphatic heterocycles. The highest BCUT2D eigenvalue weighted by Gasteiger charge is 2.07. The fourth-order valence-corrected chi connectivity index (χ4v) is 2.57. The van der Waals surface area contributed by atoms with Crippen LogP contribution >= 0.6 is 11.8 Å². The Labute approximate surface area is 124 Å². The van der Waals surface area contributed by atoms with Gasteiger partial charge in [0.25, 0.3) is 0 Å². The monoisotopic (exact) mass is 297 g/mol. The molecule has 1 amide bonds. The number of nitrogen functional groups attached to an aromatic ring is 1. The minimum Gasteiger partial charge on any atom is -0.494 e. The van der Waals surface area contributed by atoms with E-state index in [0.29, 0.717) is 23.5 Å². The number of amides is 1. The molecule has 112 valence electrons. The Morgan fingerprint density at radius 3 is 2.80 bits per heavy atom. The van der Waals surface area contributed by atoms with Gasteiger partial charge in [-0.2, -0.15) is 11.8 Å². The molecular weight excluding hydrogens is 274 g/mol. The van der Waals surface area contributed by atoms with Crippen LogP contribution in [-0.2, 0) is 4.79 Å². The lowest BCUT2D eigenvalue weighted by Gasteiger charge is -2.11. The van der Waals surface area contributed by atoms with Gasteiger partial charge in [0.15, 0.2) is 0 Å². The highest BCUT2D eigenvalue weighted by Crippen LogP contribution is 2.26. The Bertz CT molecular complexity index is 438. The molecule has 0 spiro atoms. The van der Waals surface area contributed by atoms with Crippen LogP contribution in [0.15, 0.2) is 18.2 Å². The minimum atomic E-state index is -0.00887. The van der Waals surface area contributed by atoms with E-state index in [4.69, 9.17) is 10.5 Å². The molecule has 5 nitrogen and oxygen atoms in total. The summed E-state index contributed by atoms with van der Waals surface area (Å²) >= 11 is 1.78. The number of carbonyl (C=O) groups is 1. The lowest BCUT2D eigenvalue weighted by molar-refractivity contribution is -0.115. The van der Waals surface area contributed by atoms with Crippen LogP contribution in [0.3, 0.4) is 0 Å². The largest absolute Gasteiger partial charge is 0.494 e. The summed E-state index contributed by atoms with van der Waals surface area (Å²) in [6.07, 6.45) is 0.492. The van der Waals surface area contributed by atoms with Crippen molar-refractivity contribution in [3.8, 4) is 5.75 Å². The van der Waals surface area contributed by atoms with Crippen LogP contribution in [0.25, 0.3) is 0 Å². The first-order chi connectivity index (χ1) is 9.52. The maximum absolute atomic E-state index is 11.8.